The maximum atomic E-state index is 8.52. The Morgan fingerprint density at radius 3 is 0.471 bits per heavy atom. The van der Waals surface area contributed by atoms with Crippen molar-refractivity contribution in [2.75, 3.05) is 0 Å². The summed E-state index contributed by atoms with van der Waals surface area (Å²) in [6, 6.07) is 0. The van der Waals surface area contributed by atoms with E-state index >= 15 is 0 Å². The second kappa shape index (κ2) is 11.9. The fourth-order valence-corrected chi connectivity index (χ4v) is 0. The molecule has 0 aromatic rings. The molecule has 0 radical (unpaired) electrons. The molecular formula is NiO12S3Ti. The number of hydrogen-bond donors (Lipinski definition) is 0. The minimum absolute atomic E-state index is 0. The molecule has 0 heterocycles. The molecule has 0 spiro atoms. The van der Waals surface area contributed by atoms with Crippen molar-refractivity contribution in [3.05, 3.63) is 0 Å². The molecule has 0 fully saturated rings. The van der Waals surface area contributed by atoms with Crippen LogP contribution < -0.4 is 0 Å². The summed E-state index contributed by atoms with van der Waals surface area (Å²) < 4.78 is 102. The van der Waals surface area contributed by atoms with Gasteiger partial charge in [-0.15, -0.1) is 0 Å². The van der Waals surface area contributed by atoms with Crippen molar-refractivity contribution in [2.24, 2.45) is 0 Å². The van der Waals surface area contributed by atoms with E-state index in [4.69, 9.17) is 52.6 Å². The molecule has 0 saturated carbocycles. The van der Waals surface area contributed by atoms with Crippen LogP contribution >= 0.6 is 0 Å². The molecule has 0 aromatic carbocycles. The first-order valence-electron chi connectivity index (χ1n) is 2.00. The molecule has 0 amide bonds. The Labute approximate surface area is 121 Å². The molecule has 0 aromatic heterocycles. The number of hydrogen-bond acceptors (Lipinski definition) is 12. The van der Waals surface area contributed by atoms with Gasteiger partial charge in [0.25, 0.3) is 0 Å². The van der Waals surface area contributed by atoms with Crippen molar-refractivity contribution in [1.82, 2.24) is 0 Å². The standard InChI is InChI=1S/Ni.3H2O4S.Ti/c;3*1-5(2,3)4;/h;3*(H2,1,2,3,4);/q+2;;;;+4/p-6. The smallest absolute Gasteiger partial charge is 0.759 e. The average Bonchev–Trinajstić information content (AvgIpc) is 1.41. The SMILES string of the molecule is O=S(=O)([O-])[O-].O=S(=O)([O-])[O-].O=S(=O)([O-])[O-].[Ni+2].[Ti+4]. The van der Waals surface area contributed by atoms with Crippen LogP contribution in [0.5, 0.6) is 0 Å². The summed E-state index contributed by atoms with van der Waals surface area (Å²) in [4.78, 5) is 0. The molecule has 12 nitrogen and oxygen atoms in total. The molecule has 0 aliphatic heterocycles. The fourth-order valence-electron chi connectivity index (χ4n) is 0. The summed E-state index contributed by atoms with van der Waals surface area (Å²) in [5.74, 6) is 0. The summed E-state index contributed by atoms with van der Waals surface area (Å²) in [5, 5.41) is 0. The Bertz CT molecular complexity index is 343. The normalized spacial score (nSPS) is 10.2. The Hall–Kier alpha value is 0.818. The fraction of sp³-hybridized carbons (Fsp3) is 0. The first-order valence-corrected chi connectivity index (χ1v) is 6.00. The monoisotopic (exact) mass is 394 g/mol. The average molecular weight is 395 g/mol. The van der Waals surface area contributed by atoms with Crippen molar-refractivity contribution >= 4 is 31.2 Å². The topological polar surface area (TPSA) is 241 Å². The van der Waals surface area contributed by atoms with Crippen molar-refractivity contribution in [1.29, 1.82) is 0 Å². The summed E-state index contributed by atoms with van der Waals surface area (Å²) in [6.07, 6.45) is 0. The van der Waals surface area contributed by atoms with Gasteiger partial charge in [0.1, 0.15) is 0 Å². The van der Waals surface area contributed by atoms with Gasteiger partial charge in [0, 0.05) is 31.2 Å². The van der Waals surface area contributed by atoms with E-state index in [1.54, 1.807) is 0 Å². The van der Waals surface area contributed by atoms with Gasteiger partial charge in [-0.1, -0.05) is 0 Å². The molecular weight excluding hydrogens is 395 g/mol. The van der Waals surface area contributed by atoms with Crippen LogP contribution in [0.4, 0.5) is 0 Å². The third kappa shape index (κ3) is 5520. The summed E-state index contributed by atoms with van der Waals surface area (Å²) in [7, 11) is -15.5. The van der Waals surface area contributed by atoms with Crippen LogP contribution in [0, 0.1) is 0 Å². The van der Waals surface area contributed by atoms with Crippen LogP contribution in [-0.4, -0.2) is 52.6 Å². The van der Waals surface area contributed by atoms with Gasteiger partial charge in [-0.2, -0.15) is 0 Å². The quantitative estimate of drug-likeness (QED) is 0.216. The molecule has 17 heavy (non-hydrogen) atoms. The third-order valence-corrected chi connectivity index (χ3v) is 0. The first kappa shape index (κ1) is 30.7. The molecule has 0 N–H and O–H groups in total. The van der Waals surface area contributed by atoms with Gasteiger partial charge in [-0.3, -0.25) is 25.3 Å². The Morgan fingerprint density at radius 1 is 0.471 bits per heavy atom. The summed E-state index contributed by atoms with van der Waals surface area (Å²) in [6.45, 7) is 0. The summed E-state index contributed by atoms with van der Waals surface area (Å²) >= 11 is 0. The molecule has 17 heteroatoms. The number of rotatable bonds is 0. The maximum Gasteiger partial charge on any atom is 4.00 e. The zero-order valence-electron chi connectivity index (χ0n) is 6.94. The van der Waals surface area contributed by atoms with Gasteiger partial charge in [0.2, 0.25) is 0 Å². The van der Waals surface area contributed by atoms with E-state index < -0.39 is 31.2 Å². The van der Waals surface area contributed by atoms with E-state index in [9.17, 15) is 0 Å². The van der Waals surface area contributed by atoms with Gasteiger partial charge in [-0.25, -0.2) is 0 Å². The van der Waals surface area contributed by atoms with Crippen molar-refractivity contribution in [3.8, 4) is 0 Å². The van der Waals surface area contributed by atoms with Gasteiger partial charge < -0.3 is 27.3 Å². The third-order valence-electron chi connectivity index (χ3n) is 0. The second-order valence-corrected chi connectivity index (χ2v) is 3.67. The van der Waals surface area contributed by atoms with Crippen LogP contribution in [-0.2, 0) is 69.4 Å². The van der Waals surface area contributed by atoms with E-state index in [0.717, 1.165) is 0 Å². The molecule has 0 saturated heterocycles. The molecule has 0 aliphatic carbocycles. The van der Waals surface area contributed by atoms with E-state index in [0.29, 0.717) is 0 Å². The minimum Gasteiger partial charge on any atom is -0.759 e. The van der Waals surface area contributed by atoms with E-state index in [-0.39, 0.29) is 38.2 Å². The second-order valence-electron chi connectivity index (χ2n) is 1.22. The Kier molecular flexibility index (Phi) is 21.4. The largest absolute Gasteiger partial charge is 4.00 e. The maximum absolute atomic E-state index is 8.52. The summed E-state index contributed by atoms with van der Waals surface area (Å²) in [5.41, 5.74) is 0. The van der Waals surface area contributed by atoms with Crippen molar-refractivity contribution < 1.29 is 90.8 Å². The van der Waals surface area contributed by atoms with E-state index in [2.05, 4.69) is 0 Å². The first-order chi connectivity index (χ1) is 6.00. The van der Waals surface area contributed by atoms with Gasteiger partial charge in [-0.05, 0) is 0 Å². The van der Waals surface area contributed by atoms with Crippen LogP contribution in [0.2, 0.25) is 0 Å². The minimum atomic E-state index is -5.17. The van der Waals surface area contributed by atoms with Crippen LogP contribution in [0.1, 0.15) is 0 Å². The molecule has 0 rings (SSSR count). The van der Waals surface area contributed by atoms with Gasteiger partial charge in [0.05, 0.1) is 0 Å². The van der Waals surface area contributed by atoms with Crippen LogP contribution in [0.3, 0.4) is 0 Å². The van der Waals surface area contributed by atoms with Gasteiger partial charge >= 0.3 is 38.2 Å². The molecule has 0 aliphatic rings. The van der Waals surface area contributed by atoms with Crippen molar-refractivity contribution in [3.63, 3.8) is 0 Å². The molecule has 104 valence electrons. The Balaban J connectivity index is -0.0000000400. The molecule has 0 atom stereocenters. The molecule has 0 bridgehead atoms. The zero-order chi connectivity index (χ0) is 13.5. The van der Waals surface area contributed by atoms with Crippen LogP contribution in [0.25, 0.3) is 0 Å². The van der Waals surface area contributed by atoms with E-state index in [1.807, 2.05) is 0 Å². The molecule has 0 unspecified atom stereocenters. The van der Waals surface area contributed by atoms with Gasteiger partial charge in [0.15, 0.2) is 0 Å². The van der Waals surface area contributed by atoms with E-state index in [1.165, 1.54) is 0 Å². The predicted octanol–water partition coefficient (Wildman–Crippen LogP) is -4.02. The van der Waals surface area contributed by atoms with Crippen LogP contribution in [0.15, 0.2) is 0 Å². The predicted molar refractivity (Wildman–Crippen MR) is 31.4 cm³/mol. The zero-order valence-corrected chi connectivity index (χ0v) is 11.9. The Morgan fingerprint density at radius 2 is 0.471 bits per heavy atom. The van der Waals surface area contributed by atoms with Crippen molar-refractivity contribution in [2.45, 2.75) is 0 Å².